The highest BCUT2D eigenvalue weighted by Crippen LogP contribution is 2.11. The first-order valence-electron chi connectivity index (χ1n) is 3.65. The summed E-state index contributed by atoms with van der Waals surface area (Å²) in [7, 11) is 0. The van der Waals surface area contributed by atoms with Crippen molar-refractivity contribution in [1.82, 2.24) is 10.4 Å². The summed E-state index contributed by atoms with van der Waals surface area (Å²) in [6.45, 7) is 1.96. The zero-order valence-corrected chi connectivity index (χ0v) is 6.87. The maximum atomic E-state index is 5.27. The fourth-order valence-corrected chi connectivity index (χ4v) is 0.800. The van der Waals surface area contributed by atoms with E-state index in [9.17, 15) is 0 Å². The van der Waals surface area contributed by atoms with Gasteiger partial charge in [0.05, 0.1) is 6.20 Å². The van der Waals surface area contributed by atoms with Gasteiger partial charge in [0.1, 0.15) is 5.70 Å². The average Bonchev–Trinajstić information content (AvgIpc) is 2.55. The van der Waals surface area contributed by atoms with Crippen LogP contribution in [0, 0.1) is 0 Å². The highest BCUT2D eigenvalue weighted by molar-refractivity contribution is 5.57. The summed E-state index contributed by atoms with van der Waals surface area (Å²) in [5.74, 6) is 6.40. The van der Waals surface area contributed by atoms with Crippen LogP contribution >= 0.6 is 0 Å². The van der Waals surface area contributed by atoms with Crippen molar-refractivity contribution in [2.75, 3.05) is 0 Å². The number of nitrogens with one attached hydrogen (secondary N) is 1. The number of hydrogen-bond acceptors (Lipinski definition) is 5. The molecule has 0 aliphatic carbocycles. The van der Waals surface area contributed by atoms with Crippen molar-refractivity contribution < 1.29 is 4.42 Å². The predicted octanol–water partition coefficient (Wildman–Crippen LogP) is -0.0426. The van der Waals surface area contributed by atoms with Crippen LogP contribution in [0.1, 0.15) is 18.6 Å². The third-order valence-electron chi connectivity index (χ3n) is 1.44. The van der Waals surface area contributed by atoms with Crippen LogP contribution in [0.5, 0.6) is 0 Å². The lowest BCUT2D eigenvalue weighted by molar-refractivity contribution is 0.487. The van der Waals surface area contributed by atoms with Gasteiger partial charge in [0.15, 0.2) is 11.7 Å². The van der Waals surface area contributed by atoms with Crippen LogP contribution in [-0.4, -0.2) is 4.98 Å². The molecule has 0 aliphatic rings. The molecule has 5 N–H and O–H groups in total. The lowest BCUT2D eigenvalue weighted by atomic mass is 10.4. The summed E-state index contributed by atoms with van der Waals surface area (Å²) in [4.78, 5) is 3.99. The van der Waals surface area contributed by atoms with Crippen molar-refractivity contribution in [1.29, 1.82) is 0 Å². The number of nitrogens with two attached hydrogens (primary N) is 2. The van der Waals surface area contributed by atoms with Gasteiger partial charge in [-0.25, -0.2) is 4.98 Å². The zero-order chi connectivity index (χ0) is 8.97. The van der Waals surface area contributed by atoms with Crippen molar-refractivity contribution in [3.8, 4) is 0 Å². The van der Waals surface area contributed by atoms with Crippen LogP contribution < -0.4 is 17.0 Å². The molecule has 0 unspecified atom stereocenters. The molecule has 0 saturated carbocycles. The first-order valence-corrected chi connectivity index (χ1v) is 3.65. The van der Waals surface area contributed by atoms with E-state index < -0.39 is 0 Å². The second kappa shape index (κ2) is 3.77. The molecular formula is C7H12N4O. The van der Waals surface area contributed by atoms with Crippen molar-refractivity contribution in [2.24, 2.45) is 11.6 Å². The molecule has 5 nitrogen and oxygen atoms in total. The normalized spacial score (nSPS) is 11.7. The van der Waals surface area contributed by atoms with Crippen molar-refractivity contribution in [2.45, 2.75) is 13.3 Å². The predicted molar refractivity (Wildman–Crippen MR) is 45.4 cm³/mol. The Bertz CT molecular complexity index is 279. The second-order valence-corrected chi connectivity index (χ2v) is 2.20. The summed E-state index contributed by atoms with van der Waals surface area (Å²) in [5, 5.41) is 0. The number of hydrogen-bond donors (Lipinski definition) is 3. The molecule has 0 amide bonds. The Morgan fingerprint density at radius 1 is 1.83 bits per heavy atom. The summed E-state index contributed by atoms with van der Waals surface area (Å²) in [5.41, 5.74) is 8.21. The molecule has 1 rings (SSSR count). The average molecular weight is 168 g/mol. The Hall–Kier alpha value is -1.49. The van der Waals surface area contributed by atoms with E-state index in [-0.39, 0.29) is 0 Å². The van der Waals surface area contributed by atoms with E-state index in [4.69, 9.17) is 16.0 Å². The quantitative estimate of drug-likeness (QED) is 0.435. The minimum Gasteiger partial charge on any atom is -0.439 e. The zero-order valence-electron chi connectivity index (χ0n) is 6.87. The van der Waals surface area contributed by atoms with Gasteiger partial charge < -0.3 is 15.6 Å². The van der Waals surface area contributed by atoms with Gasteiger partial charge in [0, 0.05) is 12.6 Å². The van der Waals surface area contributed by atoms with Crippen LogP contribution in [-0.2, 0) is 6.42 Å². The molecule has 0 bridgehead atoms. The highest BCUT2D eigenvalue weighted by Gasteiger charge is 2.05. The van der Waals surface area contributed by atoms with Crippen LogP contribution in [0.15, 0.2) is 16.8 Å². The summed E-state index contributed by atoms with van der Waals surface area (Å²) in [6.07, 6.45) is 3.67. The molecule has 0 saturated heterocycles. The standard InChI is InChI=1S/C7H12N4O/c1-2-7-10-4-6(12-7)5(3-8)11-9/h3-4,11H,2,8-9H2,1H3/b5-3-. The fraction of sp³-hybridized carbons (Fsp3) is 0.286. The van der Waals surface area contributed by atoms with Gasteiger partial charge in [0.2, 0.25) is 0 Å². The van der Waals surface area contributed by atoms with E-state index in [1.165, 1.54) is 6.20 Å². The lowest BCUT2D eigenvalue weighted by Gasteiger charge is -1.98. The number of hydrazine groups is 1. The molecule has 0 atom stereocenters. The Morgan fingerprint density at radius 2 is 2.58 bits per heavy atom. The Kier molecular flexibility index (Phi) is 2.71. The molecule has 66 valence electrons. The van der Waals surface area contributed by atoms with Crippen molar-refractivity contribution >= 4 is 5.70 Å². The summed E-state index contributed by atoms with van der Waals surface area (Å²) in [6, 6.07) is 0. The minimum atomic E-state index is 0.530. The monoisotopic (exact) mass is 168 g/mol. The van der Waals surface area contributed by atoms with Gasteiger partial charge >= 0.3 is 0 Å². The molecule has 0 spiro atoms. The van der Waals surface area contributed by atoms with Gasteiger partial charge in [0.25, 0.3) is 0 Å². The highest BCUT2D eigenvalue weighted by atomic mass is 16.4. The third kappa shape index (κ3) is 1.57. The maximum absolute atomic E-state index is 5.27. The van der Waals surface area contributed by atoms with Crippen LogP contribution in [0.3, 0.4) is 0 Å². The maximum Gasteiger partial charge on any atom is 0.194 e. The van der Waals surface area contributed by atoms with Crippen LogP contribution in [0.25, 0.3) is 5.70 Å². The SMILES string of the molecule is CCc1ncc(/C(=C/N)NN)o1. The molecule has 1 heterocycles. The summed E-state index contributed by atoms with van der Waals surface area (Å²) >= 11 is 0. The van der Waals surface area contributed by atoms with Gasteiger partial charge in [-0.1, -0.05) is 6.92 Å². The van der Waals surface area contributed by atoms with Crippen molar-refractivity contribution in [3.05, 3.63) is 24.0 Å². The number of nitrogens with zero attached hydrogens (tertiary/aromatic N) is 1. The first-order chi connectivity index (χ1) is 5.81. The number of oxazole rings is 1. The number of aromatic nitrogens is 1. The Labute approximate surface area is 70.4 Å². The van der Waals surface area contributed by atoms with Crippen LogP contribution in [0.4, 0.5) is 0 Å². The molecule has 0 aliphatic heterocycles. The lowest BCUT2D eigenvalue weighted by Crippen LogP contribution is -2.20. The Balaban J connectivity index is 2.87. The van der Waals surface area contributed by atoms with Crippen LogP contribution in [0.2, 0.25) is 0 Å². The van der Waals surface area contributed by atoms with E-state index >= 15 is 0 Å². The molecule has 1 aromatic heterocycles. The van der Waals surface area contributed by atoms with E-state index in [2.05, 4.69) is 10.4 Å². The van der Waals surface area contributed by atoms with E-state index in [0.29, 0.717) is 17.3 Å². The van der Waals surface area contributed by atoms with E-state index in [1.807, 2.05) is 6.92 Å². The Morgan fingerprint density at radius 3 is 3.00 bits per heavy atom. The first kappa shape index (κ1) is 8.61. The van der Waals surface area contributed by atoms with Gasteiger partial charge in [-0.3, -0.25) is 5.84 Å². The number of rotatable bonds is 3. The minimum absolute atomic E-state index is 0.530. The molecule has 12 heavy (non-hydrogen) atoms. The fourth-order valence-electron chi connectivity index (χ4n) is 0.800. The second-order valence-electron chi connectivity index (χ2n) is 2.20. The molecule has 1 aromatic rings. The molecule has 0 radical (unpaired) electrons. The largest absolute Gasteiger partial charge is 0.439 e. The number of aryl methyl sites for hydroxylation is 1. The summed E-state index contributed by atoms with van der Waals surface area (Å²) < 4.78 is 5.27. The third-order valence-corrected chi connectivity index (χ3v) is 1.44. The molecule has 0 fully saturated rings. The van der Waals surface area contributed by atoms with Gasteiger partial charge in [-0.2, -0.15) is 0 Å². The topological polar surface area (TPSA) is 90.1 Å². The molecule has 0 aromatic carbocycles. The smallest absolute Gasteiger partial charge is 0.194 e. The van der Waals surface area contributed by atoms with E-state index in [0.717, 1.165) is 6.42 Å². The van der Waals surface area contributed by atoms with Gasteiger partial charge in [-0.15, -0.1) is 0 Å². The molecule has 5 heteroatoms. The molecular weight excluding hydrogens is 156 g/mol. The van der Waals surface area contributed by atoms with Crippen molar-refractivity contribution in [3.63, 3.8) is 0 Å². The van der Waals surface area contributed by atoms with Gasteiger partial charge in [-0.05, 0) is 0 Å². The van der Waals surface area contributed by atoms with E-state index in [1.54, 1.807) is 6.20 Å².